The molecule has 0 saturated heterocycles. The molecule has 4 aromatic heterocycles. The first kappa shape index (κ1) is 24.3. The van der Waals surface area contributed by atoms with E-state index in [4.69, 9.17) is 4.98 Å². The Labute approximate surface area is 214 Å². The molecule has 4 heterocycles. The summed E-state index contributed by atoms with van der Waals surface area (Å²) in [6, 6.07) is 11.8. The van der Waals surface area contributed by atoms with Crippen LogP contribution in [0, 0.1) is 0 Å². The van der Waals surface area contributed by atoms with Gasteiger partial charge in [0.05, 0.1) is 12.2 Å². The van der Waals surface area contributed by atoms with E-state index < -0.39 is 0 Å². The van der Waals surface area contributed by atoms with Crippen molar-refractivity contribution in [2.75, 3.05) is 0 Å². The Balaban J connectivity index is 1.45. The third-order valence-electron chi connectivity index (χ3n) is 6.38. The van der Waals surface area contributed by atoms with Crippen molar-refractivity contribution >= 4 is 0 Å². The maximum absolute atomic E-state index is 13.5. The Morgan fingerprint density at radius 2 is 1.81 bits per heavy atom. The SMILES string of the molecule is CCCCc1cn(-c2nncn2CCCC)c(=O)n1Cc1ccc(-c2ccccc2-c2nn[nH]n2)cn1. The van der Waals surface area contributed by atoms with E-state index in [1.165, 1.54) is 0 Å². The lowest BCUT2D eigenvalue weighted by atomic mass is 10.0. The van der Waals surface area contributed by atoms with Gasteiger partial charge in [0, 0.05) is 35.8 Å². The molecular formula is C26H30N10O. The van der Waals surface area contributed by atoms with Crippen LogP contribution in [0.3, 0.4) is 0 Å². The van der Waals surface area contributed by atoms with E-state index in [-0.39, 0.29) is 5.69 Å². The Hall–Kier alpha value is -4.41. The summed E-state index contributed by atoms with van der Waals surface area (Å²) in [6.07, 6.45) is 10.3. The minimum Gasteiger partial charge on any atom is -0.299 e. The van der Waals surface area contributed by atoms with Gasteiger partial charge in [0.25, 0.3) is 0 Å². The maximum Gasteiger partial charge on any atom is 0.335 e. The first-order chi connectivity index (χ1) is 18.2. The van der Waals surface area contributed by atoms with Crippen molar-refractivity contribution in [2.24, 2.45) is 0 Å². The smallest absolute Gasteiger partial charge is 0.299 e. The molecule has 11 heteroatoms. The Morgan fingerprint density at radius 1 is 0.973 bits per heavy atom. The summed E-state index contributed by atoms with van der Waals surface area (Å²) >= 11 is 0. The topological polar surface area (TPSA) is 125 Å². The van der Waals surface area contributed by atoms with Crippen LogP contribution in [0.4, 0.5) is 0 Å². The molecule has 0 radical (unpaired) electrons. The highest BCUT2D eigenvalue weighted by Gasteiger charge is 2.17. The molecule has 0 amide bonds. The number of imidazole rings is 1. The predicted molar refractivity (Wildman–Crippen MR) is 139 cm³/mol. The lowest BCUT2D eigenvalue weighted by Gasteiger charge is -2.09. The van der Waals surface area contributed by atoms with Crippen molar-refractivity contribution in [2.45, 2.75) is 59.0 Å². The van der Waals surface area contributed by atoms with Crippen LogP contribution in [0.5, 0.6) is 0 Å². The zero-order valence-corrected chi connectivity index (χ0v) is 21.1. The van der Waals surface area contributed by atoms with Gasteiger partial charge < -0.3 is 0 Å². The fourth-order valence-electron chi connectivity index (χ4n) is 4.36. The van der Waals surface area contributed by atoms with Gasteiger partial charge in [-0.25, -0.2) is 9.36 Å². The van der Waals surface area contributed by atoms with Crippen LogP contribution in [0.15, 0.2) is 59.9 Å². The number of hydrogen-bond donors (Lipinski definition) is 1. The second-order valence-electron chi connectivity index (χ2n) is 8.96. The van der Waals surface area contributed by atoms with Crippen molar-refractivity contribution in [1.29, 1.82) is 0 Å². The molecule has 0 saturated carbocycles. The van der Waals surface area contributed by atoms with Gasteiger partial charge in [0.2, 0.25) is 11.8 Å². The molecule has 0 spiro atoms. The number of tetrazole rings is 1. The molecule has 37 heavy (non-hydrogen) atoms. The van der Waals surface area contributed by atoms with Gasteiger partial charge in [-0.2, -0.15) is 5.21 Å². The van der Waals surface area contributed by atoms with Gasteiger partial charge in [-0.15, -0.1) is 20.4 Å². The molecule has 190 valence electrons. The van der Waals surface area contributed by atoms with Gasteiger partial charge in [-0.05, 0) is 36.1 Å². The number of nitrogens with one attached hydrogen (secondary N) is 1. The normalized spacial score (nSPS) is 11.3. The minimum absolute atomic E-state index is 0.134. The van der Waals surface area contributed by atoms with Crippen LogP contribution in [0.2, 0.25) is 0 Å². The molecule has 1 aromatic carbocycles. The molecule has 5 aromatic rings. The predicted octanol–water partition coefficient (Wildman–Crippen LogP) is 3.66. The summed E-state index contributed by atoms with van der Waals surface area (Å²) in [5.74, 6) is 1.08. The second kappa shape index (κ2) is 11.1. The number of aromatic amines is 1. The fraction of sp³-hybridized carbons (Fsp3) is 0.346. The lowest BCUT2D eigenvalue weighted by Crippen LogP contribution is -2.26. The average molecular weight is 499 g/mol. The lowest BCUT2D eigenvalue weighted by molar-refractivity contribution is 0.606. The summed E-state index contributed by atoms with van der Waals surface area (Å²) < 4.78 is 5.35. The van der Waals surface area contributed by atoms with E-state index in [1.807, 2.05) is 53.4 Å². The quantitative estimate of drug-likeness (QED) is 0.295. The van der Waals surface area contributed by atoms with Crippen LogP contribution in [0.25, 0.3) is 28.5 Å². The summed E-state index contributed by atoms with van der Waals surface area (Å²) in [5, 5.41) is 22.7. The number of benzene rings is 1. The maximum atomic E-state index is 13.5. The first-order valence-electron chi connectivity index (χ1n) is 12.7. The van der Waals surface area contributed by atoms with E-state index in [0.717, 1.165) is 66.7 Å². The third kappa shape index (κ3) is 5.11. The Morgan fingerprint density at radius 3 is 2.54 bits per heavy atom. The molecule has 1 N–H and O–H groups in total. The fourth-order valence-corrected chi connectivity index (χ4v) is 4.36. The molecule has 11 nitrogen and oxygen atoms in total. The van der Waals surface area contributed by atoms with Gasteiger partial charge in [-0.1, -0.05) is 57.0 Å². The van der Waals surface area contributed by atoms with Crippen LogP contribution < -0.4 is 5.69 Å². The second-order valence-corrected chi connectivity index (χ2v) is 8.96. The number of aryl methyl sites for hydroxylation is 2. The van der Waals surface area contributed by atoms with Crippen molar-refractivity contribution < 1.29 is 0 Å². The minimum atomic E-state index is -0.134. The van der Waals surface area contributed by atoms with Crippen molar-refractivity contribution in [3.63, 3.8) is 0 Å². The van der Waals surface area contributed by atoms with Crippen molar-refractivity contribution in [1.82, 2.24) is 49.5 Å². The standard InChI is InChI=1S/C26H30N10O/c1-3-5-9-21-17-36(25-31-28-18-34(25)14-6-4-2)26(37)35(21)16-20-13-12-19(15-27-20)22-10-7-8-11-23(22)24-29-32-33-30-24/h7-8,10-13,15,17-18H,3-6,9,14,16H2,1-2H3,(H,29,30,32,33). The summed E-state index contributed by atoms with van der Waals surface area (Å²) in [6.45, 7) is 5.43. The van der Waals surface area contributed by atoms with Gasteiger partial charge in [-0.3, -0.25) is 14.1 Å². The Bertz CT molecular complexity index is 1500. The van der Waals surface area contributed by atoms with Gasteiger partial charge >= 0.3 is 5.69 Å². The zero-order valence-electron chi connectivity index (χ0n) is 21.1. The van der Waals surface area contributed by atoms with Crippen molar-refractivity contribution in [3.05, 3.63) is 77.0 Å². The molecule has 0 unspecified atom stereocenters. The van der Waals surface area contributed by atoms with E-state index >= 15 is 0 Å². The van der Waals surface area contributed by atoms with Crippen LogP contribution in [-0.2, 0) is 19.5 Å². The van der Waals surface area contributed by atoms with Crippen LogP contribution >= 0.6 is 0 Å². The van der Waals surface area contributed by atoms with E-state index in [0.29, 0.717) is 18.3 Å². The van der Waals surface area contributed by atoms with Crippen molar-refractivity contribution in [3.8, 4) is 28.5 Å². The van der Waals surface area contributed by atoms with E-state index in [1.54, 1.807) is 15.5 Å². The number of pyridine rings is 1. The number of aromatic nitrogens is 10. The van der Waals surface area contributed by atoms with Crippen LogP contribution in [0.1, 0.15) is 50.9 Å². The molecule has 0 bridgehead atoms. The molecule has 0 aliphatic carbocycles. The highest BCUT2D eigenvalue weighted by molar-refractivity contribution is 5.79. The van der Waals surface area contributed by atoms with E-state index in [9.17, 15) is 4.79 Å². The molecule has 5 rings (SSSR count). The van der Waals surface area contributed by atoms with Crippen LogP contribution in [-0.4, -0.2) is 49.5 Å². The number of nitrogens with zero attached hydrogens (tertiary/aromatic N) is 9. The average Bonchev–Trinajstić information content (AvgIpc) is 3.69. The summed E-state index contributed by atoms with van der Waals surface area (Å²) in [5.41, 5.74) is 4.39. The first-order valence-corrected chi connectivity index (χ1v) is 12.7. The number of H-pyrrole nitrogens is 1. The Kier molecular flexibility index (Phi) is 7.29. The van der Waals surface area contributed by atoms with E-state index in [2.05, 4.69) is 44.7 Å². The summed E-state index contributed by atoms with van der Waals surface area (Å²) in [4.78, 5) is 18.2. The van der Waals surface area contributed by atoms with Gasteiger partial charge in [0.1, 0.15) is 6.33 Å². The molecular weight excluding hydrogens is 468 g/mol. The molecule has 0 aliphatic rings. The monoisotopic (exact) mass is 498 g/mol. The third-order valence-corrected chi connectivity index (χ3v) is 6.38. The zero-order chi connectivity index (χ0) is 25.6. The largest absolute Gasteiger partial charge is 0.335 e. The molecule has 0 fully saturated rings. The highest BCUT2D eigenvalue weighted by atomic mass is 16.2. The molecule has 0 atom stereocenters. The number of rotatable bonds is 11. The molecule has 0 aliphatic heterocycles. The highest BCUT2D eigenvalue weighted by Crippen LogP contribution is 2.29. The summed E-state index contributed by atoms with van der Waals surface area (Å²) in [7, 11) is 0. The van der Waals surface area contributed by atoms with Gasteiger partial charge in [0.15, 0.2) is 0 Å². The number of unbranched alkanes of at least 4 members (excludes halogenated alkanes) is 2. The number of hydrogen-bond acceptors (Lipinski definition) is 7.